The first-order valence-electron chi connectivity index (χ1n) is 9.31. The number of Topliss-reactive ketones (excluding diaryl/α,β-unsaturated/α-hetero) is 2. The summed E-state index contributed by atoms with van der Waals surface area (Å²) in [6.07, 6.45) is 2.65. The van der Waals surface area contributed by atoms with E-state index in [2.05, 4.69) is 24.3 Å². The van der Waals surface area contributed by atoms with Crippen LogP contribution in [0, 0.1) is 0 Å². The number of rotatable bonds is 0. The Morgan fingerprint density at radius 1 is 0.462 bits per heavy atom. The Kier molecular flexibility index (Phi) is 1.64. The van der Waals surface area contributed by atoms with Crippen LogP contribution < -0.4 is 0 Å². The highest BCUT2D eigenvalue weighted by molar-refractivity contribution is 6.37. The summed E-state index contributed by atoms with van der Waals surface area (Å²) in [5, 5.41) is 8.16. The standard InChI is InChI=1S/C24H12O2/c25-15-8-16(26)22-14-7-12-4-2-10-5-9-1-3-11-6-13(21(15)22)23-19(11)17(9)18(10)20(12)24(14)23/h1-4H,5-8H2. The minimum absolute atomic E-state index is 0.0333. The lowest BCUT2D eigenvalue weighted by Gasteiger charge is -2.12. The summed E-state index contributed by atoms with van der Waals surface area (Å²) in [5.41, 5.74) is 9.27. The van der Waals surface area contributed by atoms with Gasteiger partial charge in [-0.25, -0.2) is 0 Å². The van der Waals surface area contributed by atoms with Crippen molar-refractivity contribution in [2.75, 3.05) is 0 Å². The van der Waals surface area contributed by atoms with E-state index >= 15 is 0 Å². The molecule has 26 heavy (non-hydrogen) atoms. The second-order valence-electron chi connectivity index (χ2n) is 8.28. The molecule has 0 aliphatic heterocycles. The van der Waals surface area contributed by atoms with Gasteiger partial charge in [0.15, 0.2) is 11.6 Å². The van der Waals surface area contributed by atoms with Crippen molar-refractivity contribution in [3.8, 4) is 0 Å². The van der Waals surface area contributed by atoms with Crippen LogP contribution >= 0.6 is 0 Å². The Balaban J connectivity index is 1.82. The summed E-state index contributed by atoms with van der Waals surface area (Å²) in [6.45, 7) is 0. The van der Waals surface area contributed by atoms with Gasteiger partial charge in [0.2, 0.25) is 0 Å². The Morgan fingerprint density at radius 3 is 1.31 bits per heavy atom. The summed E-state index contributed by atoms with van der Waals surface area (Å²) < 4.78 is 0. The fourth-order valence-corrected chi connectivity index (χ4v) is 6.39. The molecule has 0 radical (unpaired) electrons. The highest BCUT2D eigenvalue weighted by Crippen LogP contribution is 2.55. The number of hydrogen-bond acceptors (Lipinski definition) is 2. The Morgan fingerprint density at radius 2 is 0.846 bits per heavy atom. The molecule has 0 unspecified atom stereocenters. The van der Waals surface area contributed by atoms with E-state index in [1.807, 2.05) is 0 Å². The van der Waals surface area contributed by atoms with Gasteiger partial charge in [0, 0.05) is 11.1 Å². The summed E-state index contributed by atoms with van der Waals surface area (Å²) in [6, 6.07) is 9.06. The number of hydrogen-bond donors (Lipinski definition) is 0. The van der Waals surface area contributed by atoms with Gasteiger partial charge >= 0.3 is 0 Å². The molecule has 0 aromatic heterocycles. The number of fused-ring (bicyclic) bond motifs is 3. The van der Waals surface area contributed by atoms with Crippen LogP contribution in [0.5, 0.6) is 0 Å². The van der Waals surface area contributed by atoms with Crippen molar-refractivity contribution in [3.63, 3.8) is 0 Å². The largest absolute Gasteiger partial charge is 0.294 e. The van der Waals surface area contributed by atoms with Crippen LogP contribution in [0.2, 0.25) is 0 Å². The normalized spacial score (nSPS) is 17.5. The van der Waals surface area contributed by atoms with E-state index in [4.69, 9.17) is 0 Å². The van der Waals surface area contributed by atoms with Crippen molar-refractivity contribution in [2.24, 2.45) is 0 Å². The molecule has 0 fully saturated rings. The maximum absolute atomic E-state index is 12.7. The Labute approximate surface area is 148 Å². The molecule has 0 atom stereocenters. The summed E-state index contributed by atoms with van der Waals surface area (Å²) in [5.74, 6) is 0.0666. The van der Waals surface area contributed by atoms with Gasteiger partial charge in [0.25, 0.3) is 0 Å². The van der Waals surface area contributed by atoms with Crippen LogP contribution in [0.4, 0.5) is 0 Å². The molecule has 0 N–H and O–H groups in total. The topological polar surface area (TPSA) is 34.1 Å². The predicted octanol–water partition coefficient (Wildman–Crippen LogP) is 4.63. The van der Waals surface area contributed by atoms with E-state index in [0.717, 1.165) is 41.5 Å². The van der Waals surface area contributed by atoms with E-state index in [0.29, 0.717) is 0 Å². The molecular weight excluding hydrogens is 320 g/mol. The summed E-state index contributed by atoms with van der Waals surface area (Å²) in [4.78, 5) is 25.5. The monoisotopic (exact) mass is 332 g/mol. The smallest absolute Gasteiger partial charge is 0.171 e. The average Bonchev–Trinajstić information content (AvgIpc) is 3.33. The SMILES string of the molecule is O=C1CC(=O)c2c1c1c3c4c(ccc5c4c4c(ccc6c4c3c2C6)C5)C1. The van der Waals surface area contributed by atoms with Gasteiger partial charge in [-0.3, -0.25) is 9.59 Å². The molecule has 120 valence electrons. The predicted molar refractivity (Wildman–Crippen MR) is 101 cm³/mol. The van der Waals surface area contributed by atoms with Gasteiger partial charge in [-0.2, -0.15) is 0 Å². The van der Waals surface area contributed by atoms with Gasteiger partial charge in [-0.05, 0) is 85.0 Å². The molecule has 4 aliphatic carbocycles. The molecule has 0 amide bonds. The van der Waals surface area contributed by atoms with Crippen molar-refractivity contribution in [1.82, 2.24) is 0 Å². The molecule has 0 saturated heterocycles. The van der Waals surface area contributed by atoms with E-state index in [1.165, 1.54) is 54.6 Å². The number of benzene rings is 4. The third-order valence-electron chi connectivity index (χ3n) is 7.21. The van der Waals surface area contributed by atoms with Crippen molar-refractivity contribution in [2.45, 2.75) is 25.7 Å². The van der Waals surface area contributed by atoms with Gasteiger partial charge in [0.05, 0.1) is 6.42 Å². The van der Waals surface area contributed by atoms with Gasteiger partial charge in [-0.15, -0.1) is 0 Å². The molecule has 2 nitrogen and oxygen atoms in total. The molecule has 0 saturated carbocycles. The van der Waals surface area contributed by atoms with Gasteiger partial charge in [0.1, 0.15) is 0 Å². The molecular formula is C24H12O2. The minimum atomic E-state index is 0.0333. The molecule has 8 rings (SSSR count). The maximum Gasteiger partial charge on any atom is 0.171 e. The molecule has 4 aromatic carbocycles. The second-order valence-corrected chi connectivity index (χ2v) is 8.28. The van der Waals surface area contributed by atoms with Crippen LogP contribution in [0.15, 0.2) is 24.3 Å². The lowest BCUT2D eigenvalue weighted by atomic mass is 9.90. The minimum Gasteiger partial charge on any atom is -0.294 e. The average molecular weight is 332 g/mol. The first-order chi connectivity index (χ1) is 12.7. The van der Waals surface area contributed by atoms with Crippen LogP contribution in [0.1, 0.15) is 60.5 Å². The number of carbonyl (C=O) groups excluding carboxylic acids is 2. The zero-order chi connectivity index (χ0) is 16.9. The molecule has 0 spiro atoms. The Hall–Kier alpha value is -3.00. The van der Waals surface area contributed by atoms with Crippen molar-refractivity contribution < 1.29 is 9.59 Å². The third kappa shape index (κ3) is 1.01. The molecule has 0 bridgehead atoms. The second kappa shape index (κ2) is 3.45. The zero-order valence-electron chi connectivity index (χ0n) is 14.0. The van der Waals surface area contributed by atoms with E-state index < -0.39 is 0 Å². The summed E-state index contributed by atoms with van der Waals surface area (Å²) in [7, 11) is 0. The molecule has 4 aliphatic rings. The Bertz CT molecular complexity index is 1390. The lowest BCUT2D eigenvalue weighted by Crippen LogP contribution is -2.02. The lowest BCUT2D eigenvalue weighted by molar-refractivity contribution is 0.0922. The van der Waals surface area contributed by atoms with E-state index in [9.17, 15) is 9.59 Å². The first kappa shape index (κ1) is 12.4. The zero-order valence-corrected chi connectivity index (χ0v) is 14.0. The first-order valence-corrected chi connectivity index (χ1v) is 9.31. The van der Waals surface area contributed by atoms with Crippen molar-refractivity contribution in [1.29, 1.82) is 0 Å². The fourth-order valence-electron chi connectivity index (χ4n) is 6.39. The fraction of sp³-hybridized carbons (Fsp3) is 0.167. The van der Waals surface area contributed by atoms with Crippen LogP contribution in [-0.2, 0) is 19.3 Å². The molecule has 2 heteroatoms. The highest BCUT2D eigenvalue weighted by atomic mass is 16.2. The quantitative estimate of drug-likeness (QED) is 0.300. The summed E-state index contributed by atoms with van der Waals surface area (Å²) >= 11 is 0. The molecule has 0 heterocycles. The van der Waals surface area contributed by atoms with E-state index in [-0.39, 0.29) is 18.0 Å². The number of carbonyl (C=O) groups is 2. The van der Waals surface area contributed by atoms with Crippen LogP contribution in [0.25, 0.3) is 32.3 Å². The number of ketones is 2. The molecule has 4 aromatic rings. The van der Waals surface area contributed by atoms with Crippen molar-refractivity contribution >= 4 is 43.9 Å². The van der Waals surface area contributed by atoms with Crippen LogP contribution in [-0.4, -0.2) is 11.6 Å². The highest BCUT2D eigenvalue weighted by Gasteiger charge is 2.40. The van der Waals surface area contributed by atoms with Gasteiger partial charge in [-0.1, -0.05) is 24.3 Å². The van der Waals surface area contributed by atoms with Gasteiger partial charge < -0.3 is 0 Å². The third-order valence-corrected chi connectivity index (χ3v) is 7.21. The van der Waals surface area contributed by atoms with Crippen molar-refractivity contribution in [3.05, 3.63) is 68.8 Å². The van der Waals surface area contributed by atoms with E-state index in [1.54, 1.807) is 0 Å². The maximum atomic E-state index is 12.7. The van der Waals surface area contributed by atoms with Crippen LogP contribution in [0.3, 0.4) is 0 Å².